The fraction of sp³-hybridized carbons (Fsp3) is 0.136. The number of para-hydroxylation sites is 2. The number of fused-ring (bicyclic) bond motifs is 1. The van der Waals surface area contributed by atoms with Gasteiger partial charge in [-0.1, -0.05) is 46.3 Å². The molecule has 1 N–H and O–H groups in total. The lowest BCUT2D eigenvalue weighted by atomic mass is 10.1. The normalized spacial score (nSPS) is 15.8. The Morgan fingerprint density at radius 3 is 2.41 bits per heavy atom. The Hall–Kier alpha value is -2.64. The summed E-state index contributed by atoms with van der Waals surface area (Å²) in [5, 5.41) is 0. The Labute approximate surface area is 178 Å². The minimum absolute atomic E-state index is 0.00367. The highest BCUT2D eigenvalue weighted by atomic mass is 79.9. The second-order valence-corrected chi connectivity index (χ2v) is 9.56. The molecular weight excluding hydrogens is 452 g/mol. The molecule has 0 saturated heterocycles. The predicted octanol–water partition coefficient (Wildman–Crippen LogP) is 4.84. The zero-order chi connectivity index (χ0) is 20.6. The van der Waals surface area contributed by atoms with Crippen LogP contribution in [0.1, 0.15) is 22.8 Å². The zero-order valence-corrected chi connectivity index (χ0v) is 18.1. The van der Waals surface area contributed by atoms with Gasteiger partial charge in [0.25, 0.3) is 15.9 Å². The predicted molar refractivity (Wildman–Crippen MR) is 118 cm³/mol. The average molecular weight is 471 g/mol. The minimum Gasteiger partial charge on any atom is -0.305 e. The number of carbonyl (C=O) groups excluding carboxylic acids is 1. The SMILES string of the molecule is C[C@@H]1Cc2ccccc2N1C(=O)c1ccccc1NS(=O)(=O)c1ccc(Br)cc1. The van der Waals surface area contributed by atoms with Crippen molar-refractivity contribution in [1.82, 2.24) is 0 Å². The molecule has 5 nitrogen and oxygen atoms in total. The van der Waals surface area contributed by atoms with Crippen LogP contribution in [0.15, 0.2) is 82.2 Å². The maximum atomic E-state index is 13.4. The van der Waals surface area contributed by atoms with Crippen LogP contribution in [0.2, 0.25) is 0 Å². The summed E-state index contributed by atoms with van der Waals surface area (Å²) in [5.41, 5.74) is 2.56. The molecule has 0 unspecified atom stereocenters. The van der Waals surface area contributed by atoms with Crippen molar-refractivity contribution in [3.8, 4) is 0 Å². The highest BCUT2D eigenvalue weighted by Crippen LogP contribution is 2.34. The van der Waals surface area contributed by atoms with Crippen LogP contribution in [0, 0.1) is 0 Å². The molecule has 0 fully saturated rings. The molecule has 0 aliphatic carbocycles. The number of anilines is 2. The fourth-order valence-corrected chi connectivity index (χ4v) is 4.92. The largest absolute Gasteiger partial charge is 0.305 e. The summed E-state index contributed by atoms with van der Waals surface area (Å²) < 4.78 is 29.0. The molecule has 3 aromatic rings. The van der Waals surface area contributed by atoms with Crippen LogP contribution in [0.25, 0.3) is 0 Å². The highest BCUT2D eigenvalue weighted by molar-refractivity contribution is 9.10. The third kappa shape index (κ3) is 3.80. The van der Waals surface area contributed by atoms with Crippen LogP contribution in [0.5, 0.6) is 0 Å². The minimum atomic E-state index is -3.83. The Bertz CT molecular complexity index is 1180. The Morgan fingerprint density at radius 2 is 1.66 bits per heavy atom. The van der Waals surface area contributed by atoms with Gasteiger partial charge in [0.15, 0.2) is 0 Å². The second kappa shape index (κ2) is 7.65. The molecule has 1 aliphatic heterocycles. The van der Waals surface area contributed by atoms with E-state index in [0.29, 0.717) is 5.56 Å². The topological polar surface area (TPSA) is 66.5 Å². The standard InChI is InChI=1S/C22H19BrN2O3S/c1-15-14-16-6-2-5-9-21(16)25(15)22(26)19-7-3-4-8-20(19)24-29(27,28)18-12-10-17(23)11-13-18/h2-13,15,24H,14H2,1H3/t15-/m1/s1. The van der Waals surface area contributed by atoms with Crippen molar-refractivity contribution in [2.45, 2.75) is 24.3 Å². The van der Waals surface area contributed by atoms with E-state index in [0.717, 1.165) is 22.1 Å². The number of sulfonamides is 1. The summed E-state index contributed by atoms with van der Waals surface area (Å²) in [6, 6.07) is 20.8. The number of hydrogen-bond donors (Lipinski definition) is 1. The molecule has 0 spiro atoms. The number of hydrogen-bond acceptors (Lipinski definition) is 3. The van der Waals surface area contributed by atoms with E-state index in [1.54, 1.807) is 41.3 Å². The number of amides is 1. The van der Waals surface area contributed by atoms with Crippen molar-refractivity contribution in [2.75, 3.05) is 9.62 Å². The summed E-state index contributed by atoms with van der Waals surface area (Å²) >= 11 is 3.30. The molecule has 1 amide bonds. The smallest absolute Gasteiger partial charge is 0.261 e. The maximum Gasteiger partial charge on any atom is 0.261 e. The molecule has 7 heteroatoms. The molecule has 0 radical (unpaired) electrons. The first-order chi connectivity index (χ1) is 13.9. The lowest BCUT2D eigenvalue weighted by Crippen LogP contribution is -2.36. The Morgan fingerprint density at radius 1 is 1.00 bits per heavy atom. The van der Waals surface area contributed by atoms with Gasteiger partial charge < -0.3 is 4.90 Å². The molecule has 0 bridgehead atoms. The van der Waals surface area contributed by atoms with Crippen molar-refractivity contribution in [3.05, 3.63) is 88.4 Å². The third-order valence-electron chi connectivity index (χ3n) is 4.95. The molecule has 0 aromatic heterocycles. The van der Waals surface area contributed by atoms with Crippen LogP contribution < -0.4 is 9.62 Å². The van der Waals surface area contributed by atoms with Gasteiger partial charge in [-0.15, -0.1) is 0 Å². The lowest BCUT2D eigenvalue weighted by molar-refractivity contribution is 0.0982. The first-order valence-electron chi connectivity index (χ1n) is 9.16. The van der Waals surface area contributed by atoms with Crippen LogP contribution in [0.3, 0.4) is 0 Å². The van der Waals surface area contributed by atoms with Crippen LogP contribution in [-0.4, -0.2) is 20.4 Å². The summed E-state index contributed by atoms with van der Waals surface area (Å²) in [4.78, 5) is 15.3. The summed E-state index contributed by atoms with van der Waals surface area (Å²) in [6.45, 7) is 1.99. The molecule has 1 heterocycles. The van der Waals surface area contributed by atoms with Gasteiger partial charge in [-0.05, 0) is 61.4 Å². The molecule has 0 saturated carbocycles. The van der Waals surface area contributed by atoms with Gasteiger partial charge in [-0.2, -0.15) is 0 Å². The highest BCUT2D eigenvalue weighted by Gasteiger charge is 2.32. The van der Waals surface area contributed by atoms with Gasteiger partial charge in [-0.25, -0.2) is 8.42 Å². The maximum absolute atomic E-state index is 13.4. The average Bonchev–Trinajstić information content (AvgIpc) is 3.03. The van der Waals surface area contributed by atoms with Gasteiger partial charge >= 0.3 is 0 Å². The number of halogens is 1. The number of rotatable bonds is 4. The molecule has 4 rings (SSSR count). The zero-order valence-electron chi connectivity index (χ0n) is 15.7. The van der Waals surface area contributed by atoms with Crippen molar-refractivity contribution >= 4 is 43.2 Å². The molecule has 3 aromatic carbocycles. The Balaban J connectivity index is 1.69. The van der Waals surface area contributed by atoms with E-state index in [1.807, 2.05) is 31.2 Å². The van der Waals surface area contributed by atoms with Crippen molar-refractivity contribution in [2.24, 2.45) is 0 Å². The van der Waals surface area contributed by atoms with Crippen LogP contribution in [0.4, 0.5) is 11.4 Å². The number of nitrogens with zero attached hydrogens (tertiary/aromatic N) is 1. The van der Waals surface area contributed by atoms with Gasteiger partial charge in [0.1, 0.15) is 0 Å². The van der Waals surface area contributed by atoms with Gasteiger partial charge in [0.2, 0.25) is 0 Å². The Kier molecular flexibility index (Phi) is 5.19. The second-order valence-electron chi connectivity index (χ2n) is 6.96. The van der Waals surface area contributed by atoms with Crippen LogP contribution in [-0.2, 0) is 16.4 Å². The van der Waals surface area contributed by atoms with Gasteiger partial charge in [0, 0.05) is 16.2 Å². The van der Waals surface area contributed by atoms with E-state index >= 15 is 0 Å². The van der Waals surface area contributed by atoms with Crippen molar-refractivity contribution in [1.29, 1.82) is 0 Å². The van der Waals surface area contributed by atoms with E-state index in [2.05, 4.69) is 20.7 Å². The van der Waals surface area contributed by atoms with E-state index in [4.69, 9.17) is 0 Å². The van der Waals surface area contributed by atoms with E-state index in [9.17, 15) is 13.2 Å². The van der Waals surface area contributed by atoms with Crippen molar-refractivity contribution in [3.63, 3.8) is 0 Å². The molecule has 1 aliphatic rings. The summed E-state index contributed by atoms with van der Waals surface area (Å²) in [5.74, 6) is -0.225. The van der Waals surface area contributed by atoms with E-state index in [-0.39, 0.29) is 22.5 Å². The van der Waals surface area contributed by atoms with E-state index < -0.39 is 10.0 Å². The molecule has 1 atom stereocenters. The van der Waals surface area contributed by atoms with Gasteiger partial charge in [0.05, 0.1) is 16.1 Å². The summed E-state index contributed by atoms with van der Waals surface area (Å²) in [6.07, 6.45) is 0.773. The first kappa shape index (κ1) is 19.7. The first-order valence-corrected chi connectivity index (χ1v) is 11.4. The molecule has 29 heavy (non-hydrogen) atoms. The fourth-order valence-electron chi connectivity index (χ4n) is 3.58. The molecular formula is C22H19BrN2O3S. The number of nitrogens with one attached hydrogen (secondary N) is 1. The molecule has 148 valence electrons. The number of carbonyl (C=O) groups is 1. The van der Waals surface area contributed by atoms with Crippen molar-refractivity contribution < 1.29 is 13.2 Å². The quantitative estimate of drug-likeness (QED) is 0.592. The van der Waals surface area contributed by atoms with E-state index in [1.165, 1.54) is 12.1 Å². The third-order valence-corrected chi connectivity index (χ3v) is 6.86. The monoisotopic (exact) mass is 470 g/mol. The van der Waals surface area contributed by atoms with Crippen LogP contribution >= 0.6 is 15.9 Å². The van der Waals surface area contributed by atoms with Gasteiger partial charge in [-0.3, -0.25) is 9.52 Å². The number of benzene rings is 3. The lowest BCUT2D eigenvalue weighted by Gasteiger charge is -2.24. The summed E-state index contributed by atoms with van der Waals surface area (Å²) in [7, 11) is -3.83.